The van der Waals surface area contributed by atoms with Crippen molar-refractivity contribution in [2.75, 3.05) is 18.8 Å². The molecule has 0 fully saturated rings. The minimum Gasteiger partial charge on any atom is -0.393 e. The molecule has 0 bridgehead atoms. The van der Waals surface area contributed by atoms with Crippen LogP contribution in [0.15, 0.2) is 24.3 Å². The topological polar surface area (TPSA) is 81.2 Å². The molecule has 0 saturated carbocycles. The Hall–Kier alpha value is -1.59. The molecule has 0 radical (unpaired) electrons. The molecule has 0 aliphatic carbocycles. The second-order valence-electron chi connectivity index (χ2n) is 3.71. The van der Waals surface area contributed by atoms with E-state index in [2.05, 4.69) is 11.4 Å². The maximum atomic E-state index is 10.6. The second kappa shape index (κ2) is 5.65. The van der Waals surface area contributed by atoms with Crippen LogP contribution in [0.4, 0.5) is 11.4 Å². The van der Waals surface area contributed by atoms with E-state index < -0.39 is 4.92 Å². The van der Waals surface area contributed by atoms with Crippen LogP contribution >= 0.6 is 12.4 Å². The Labute approximate surface area is 105 Å². The van der Waals surface area contributed by atoms with Crippen molar-refractivity contribution in [3.8, 4) is 0 Å². The summed E-state index contributed by atoms with van der Waals surface area (Å²) in [6, 6.07) is 4.90. The van der Waals surface area contributed by atoms with E-state index in [1.165, 1.54) is 11.6 Å². The lowest BCUT2D eigenvalue weighted by Crippen LogP contribution is -2.20. The van der Waals surface area contributed by atoms with Gasteiger partial charge >= 0.3 is 0 Å². The fraction of sp³-hybridized carbons (Fsp3) is 0.273. The van der Waals surface area contributed by atoms with Crippen molar-refractivity contribution in [2.45, 2.75) is 6.42 Å². The maximum absolute atomic E-state index is 10.6. The van der Waals surface area contributed by atoms with Gasteiger partial charge in [-0.15, -0.1) is 12.4 Å². The molecule has 0 aromatic heterocycles. The van der Waals surface area contributed by atoms with Gasteiger partial charge in [0.15, 0.2) is 0 Å². The molecule has 2 rings (SSSR count). The maximum Gasteiger partial charge on any atom is 0.292 e. The predicted molar refractivity (Wildman–Crippen MR) is 70.2 cm³/mol. The average Bonchev–Trinajstić information content (AvgIpc) is 2.29. The molecule has 0 saturated heterocycles. The highest BCUT2D eigenvalue weighted by Crippen LogP contribution is 2.27. The van der Waals surface area contributed by atoms with Crippen molar-refractivity contribution in [1.29, 1.82) is 0 Å². The minimum atomic E-state index is -0.462. The van der Waals surface area contributed by atoms with Gasteiger partial charge in [0.25, 0.3) is 5.69 Å². The lowest BCUT2D eigenvalue weighted by Gasteiger charge is -2.14. The number of nitrogens with one attached hydrogen (secondary N) is 1. The summed E-state index contributed by atoms with van der Waals surface area (Å²) in [7, 11) is 0. The van der Waals surface area contributed by atoms with E-state index >= 15 is 0 Å². The van der Waals surface area contributed by atoms with Gasteiger partial charge in [0.2, 0.25) is 0 Å². The van der Waals surface area contributed by atoms with Gasteiger partial charge in [-0.3, -0.25) is 10.1 Å². The summed E-state index contributed by atoms with van der Waals surface area (Å²) in [5, 5.41) is 13.8. The highest BCUT2D eigenvalue weighted by molar-refractivity contribution is 5.85. The number of hydrogen-bond donors (Lipinski definition) is 2. The molecule has 6 heteroatoms. The second-order valence-corrected chi connectivity index (χ2v) is 3.71. The van der Waals surface area contributed by atoms with Gasteiger partial charge in [0.1, 0.15) is 5.69 Å². The van der Waals surface area contributed by atoms with Crippen LogP contribution < -0.4 is 11.1 Å². The molecule has 1 heterocycles. The number of anilines is 1. The third-order valence-corrected chi connectivity index (χ3v) is 2.66. The summed E-state index contributed by atoms with van der Waals surface area (Å²) >= 11 is 0. The number of halogens is 1. The zero-order valence-electron chi connectivity index (χ0n) is 9.18. The van der Waals surface area contributed by atoms with Crippen LogP contribution in [0.25, 0.3) is 5.57 Å². The SMILES string of the molecule is Cl.Nc1cc(C2=CCNCC2)ccc1[N+](=O)[O-]. The third kappa shape index (κ3) is 2.95. The van der Waals surface area contributed by atoms with Gasteiger partial charge in [-0.1, -0.05) is 6.08 Å². The summed E-state index contributed by atoms with van der Waals surface area (Å²) in [5.74, 6) is 0. The van der Waals surface area contributed by atoms with E-state index in [1.54, 1.807) is 12.1 Å². The smallest absolute Gasteiger partial charge is 0.292 e. The van der Waals surface area contributed by atoms with Crippen LogP contribution in [-0.4, -0.2) is 18.0 Å². The first kappa shape index (κ1) is 13.5. The lowest BCUT2D eigenvalue weighted by molar-refractivity contribution is -0.383. The molecule has 3 N–H and O–H groups in total. The van der Waals surface area contributed by atoms with E-state index in [-0.39, 0.29) is 23.8 Å². The molecule has 0 amide bonds. The van der Waals surface area contributed by atoms with E-state index in [0.29, 0.717) is 0 Å². The first-order valence-corrected chi connectivity index (χ1v) is 5.12. The van der Waals surface area contributed by atoms with Crippen molar-refractivity contribution in [2.24, 2.45) is 0 Å². The summed E-state index contributed by atoms with van der Waals surface area (Å²) in [6.45, 7) is 1.77. The lowest BCUT2D eigenvalue weighted by atomic mass is 9.99. The molecule has 0 unspecified atom stereocenters. The summed E-state index contributed by atoms with van der Waals surface area (Å²) in [5.41, 5.74) is 8.01. The number of nitro groups is 1. The molecule has 0 spiro atoms. The van der Waals surface area contributed by atoms with Gasteiger partial charge in [-0.2, -0.15) is 0 Å². The zero-order chi connectivity index (χ0) is 11.5. The zero-order valence-corrected chi connectivity index (χ0v) is 10.00. The van der Waals surface area contributed by atoms with Crippen LogP contribution in [0.1, 0.15) is 12.0 Å². The Morgan fingerprint density at radius 3 is 2.71 bits per heavy atom. The van der Waals surface area contributed by atoms with Gasteiger partial charge < -0.3 is 11.1 Å². The molecular weight excluding hydrogens is 242 g/mol. The van der Waals surface area contributed by atoms with Crippen LogP contribution in [0, 0.1) is 10.1 Å². The standard InChI is InChI=1S/C11H13N3O2.ClH/c12-10-7-9(1-2-11(10)14(15)16)8-3-5-13-6-4-8;/h1-3,7,13H,4-6,12H2;1H. The molecular formula is C11H14ClN3O2. The molecule has 1 aliphatic heterocycles. The minimum absolute atomic E-state index is 0. The Morgan fingerprint density at radius 1 is 1.41 bits per heavy atom. The quantitative estimate of drug-likeness (QED) is 0.481. The number of nitrogen functional groups attached to an aromatic ring is 1. The van der Waals surface area contributed by atoms with Gasteiger partial charge in [-0.25, -0.2) is 0 Å². The molecule has 0 atom stereocenters. The number of rotatable bonds is 2. The van der Waals surface area contributed by atoms with Crippen molar-refractivity contribution >= 4 is 29.4 Å². The largest absolute Gasteiger partial charge is 0.393 e. The van der Waals surface area contributed by atoms with Crippen molar-refractivity contribution in [3.63, 3.8) is 0 Å². The summed E-state index contributed by atoms with van der Waals surface area (Å²) in [6.07, 6.45) is 3.02. The van der Waals surface area contributed by atoms with Crippen LogP contribution in [0.2, 0.25) is 0 Å². The molecule has 17 heavy (non-hydrogen) atoms. The van der Waals surface area contributed by atoms with E-state index in [0.717, 1.165) is 25.1 Å². The number of benzene rings is 1. The first-order valence-electron chi connectivity index (χ1n) is 5.12. The number of nitro benzene ring substituents is 1. The third-order valence-electron chi connectivity index (χ3n) is 2.66. The predicted octanol–water partition coefficient (Wildman–Crippen LogP) is 1.98. The van der Waals surface area contributed by atoms with E-state index in [1.807, 2.05) is 0 Å². The summed E-state index contributed by atoms with van der Waals surface area (Å²) < 4.78 is 0. The molecule has 1 aliphatic rings. The summed E-state index contributed by atoms with van der Waals surface area (Å²) in [4.78, 5) is 10.1. The monoisotopic (exact) mass is 255 g/mol. The first-order chi connectivity index (χ1) is 7.68. The fourth-order valence-corrected chi connectivity index (χ4v) is 1.81. The van der Waals surface area contributed by atoms with Crippen LogP contribution in [-0.2, 0) is 0 Å². The highest BCUT2D eigenvalue weighted by atomic mass is 35.5. The van der Waals surface area contributed by atoms with Crippen molar-refractivity contribution in [1.82, 2.24) is 5.32 Å². The molecule has 5 nitrogen and oxygen atoms in total. The van der Waals surface area contributed by atoms with Crippen LogP contribution in [0.5, 0.6) is 0 Å². The normalized spacial score (nSPS) is 14.7. The fourth-order valence-electron chi connectivity index (χ4n) is 1.81. The van der Waals surface area contributed by atoms with Gasteiger partial charge in [0.05, 0.1) is 4.92 Å². The van der Waals surface area contributed by atoms with Crippen molar-refractivity contribution < 1.29 is 4.92 Å². The average molecular weight is 256 g/mol. The van der Waals surface area contributed by atoms with E-state index in [9.17, 15) is 10.1 Å². The van der Waals surface area contributed by atoms with Crippen LogP contribution in [0.3, 0.4) is 0 Å². The Morgan fingerprint density at radius 2 is 2.18 bits per heavy atom. The van der Waals surface area contributed by atoms with E-state index in [4.69, 9.17) is 5.73 Å². The number of nitrogens with zero attached hydrogens (tertiary/aromatic N) is 1. The molecule has 92 valence electrons. The highest BCUT2D eigenvalue weighted by Gasteiger charge is 2.13. The molecule has 1 aromatic rings. The molecule has 1 aromatic carbocycles. The van der Waals surface area contributed by atoms with Gasteiger partial charge in [0, 0.05) is 12.6 Å². The number of hydrogen-bond acceptors (Lipinski definition) is 4. The Balaban J connectivity index is 0.00000144. The van der Waals surface area contributed by atoms with Crippen molar-refractivity contribution in [3.05, 3.63) is 40.0 Å². The Kier molecular flexibility index (Phi) is 4.48. The van der Waals surface area contributed by atoms with Gasteiger partial charge in [-0.05, 0) is 36.2 Å². The Bertz CT molecular complexity index is 460. The number of nitrogens with two attached hydrogens (primary N) is 1.